The Morgan fingerprint density at radius 3 is 2.62 bits per heavy atom. The molecule has 1 saturated heterocycles. The monoisotopic (exact) mass is 374 g/mol. The molecule has 26 heavy (non-hydrogen) atoms. The van der Waals surface area contributed by atoms with Gasteiger partial charge in [0.15, 0.2) is 0 Å². The lowest BCUT2D eigenvalue weighted by molar-refractivity contribution is -0.117. The Labute approximate surface area is 161 Å². The summed E-state index contributed by atoms with van der Waals surface area (Å²) < 4.78 is 0. The second-order valence-corrected chi connectivity index (χ2v) is 9.86. The standard InChI is InChI=1S/C20H30N4OS/c1-20(2,3)14-5-6-15-16(12-21)19(26-17(15)11-14)22-18(25)13-24-9-7-23(4)8-10-24/h14H,5-11,13H2,1-4H3,(H,22,25)/t14-/m0/s1. The van der Waals surface area contributed by atoms with Crippen LogP contribution in [0.1, 0.15) is 43.2 Å². The van der Waals surface area contributed by atoms with Crippen molar-refractivity contribution in [3.63, 3.8) is 0 Å². The summed E-state index contributed by atoms with van der Waals surface area (Å²) in [6.07, 6.45) is 3.09. The number of carbonyl (C=O) groups excluding carboxylic acids is 1. The molecule has 1 N–H and O–H groups in total. The molecule has 1 fully saturated rings. The maximum Gasteiger partial charge on any atom is 0.239 e. The Balaban J connectivity index is 1.68. The zero-order valence-corrected chi connectivity index (χ0v) is 17.2. The Morgan fingerprint density at radius 2 is 2.00 bits per heavy atom. The Kier molecular flexibility index (Phi) is 5.71. The van der Waals surface area contributed by atoms with Crippen LogP contribution in [0.5, 0.6) is 0 Å². The van der Waals surface area contributed by atoms with Gasteiger partial charge in [-0.05, 0) is 43.2 Å². The van der Waals surface area contributed by atoms with Crippen LogP contribution in [-0.2, 0) is 17.6 Å². The molecule has 142 valence electrons. The van der Waals surface area contributed by atoms with Crippen molar-refractivity contribution in [2.24, 2.45) is 11.3 Å². The smallest absolute Gasteiger partial charge is 0.239 e. The first-order valence-corrected chi connectivity index (χ1v) is 10.3. The summed E-state index contributed by atoms with van der Waals surface area (Å²) in [6.45, 7) is 11.1. The molecule has 0 spiro atoms. The molecular weight excluding hydrogens is 344 g/mol. The number of hydrogen-bond acceptors (Lipinski definition) is 5. The first-order chi connectivity index (χ1) is 12.3. The van der Waals surface area contributed by atoms with Crippen molar-refractivity contribution in [1.29, 1.82) is 5.26 Å². The number of thiophene rings is 1. The van der Waals surface area contributed by atoms with Crippen molar-refractivity contribution < 1.29 is 4.79 Å². The highest BCUT2D eigenvalue weighted by atomic mass is 32.1. The molecule has 1 aliphatic heterocycles. The lowest BCUT2D eigenvalue weighted by Crippen LogP contribution is -2.47. The lowest BCUT2D eigenvalue weighted by atomic mass is 9.72. The van der Waals surface area contributed by atoms with Gasteiger partial charge in [0.1, 0.15) is 11.1 Å². The highest BCUT2D eigenvalue weighted by molar-refractivity contribution is 7.16. The fraction of sp³-hybridized carbons (Fsp3) is 0.700. The Morgan fingerprint density at radius 1 is 1.31 bits per heavy atom. The van der Waals surface area contributed by atoms with Gasteiger partial charge in [-0.3, -0.25) is 9.69 Å². The quantitative estimate of drug-likeness (QED) is 0.884. The number of nitriles is 1. The van der Waals surface area contributed by atoms with E-state index in [4.69, 9.17) is 0 Å². The van der Waals surface area contributed by atoms with E-state index in [0.29, 0.717) is 18.0 Å². The van der Waals surface area contributed by atoms with Gasteiger partial charge in [0.2, 0.25) is 5.91 Å². The maximum absolute atomic E-state index is 12.5. The predicted molar refractivity (Wildman–Crippen MR) is 107 cm³/mol. The molecule has 1 aromatic rings. The van der Waals surface area contributed by atoms with Gasteiger partial charge in [-0.25, -0.2) is 0 Å². The van der Waals surface area contributed by atoms with E-state index in [9.17, 15) is 10.1 Å². The van der Waals surface area contributed by atoms with Gasteiger partial charge < -0.3 is 10.2 Å². The molecule has 1 aliphatic carbocycles. The molecular formula is C20H30N4OS. The van der Waals surface area contributed by atoms with E-state index in [-0.39, 0.29) is 11.3 Å². The van der Waals surface area contributed by atoms with Gasteiger partial charge >= 0.3 is 0 Å². The molecule has 0 radical (unpaired) electrons. The molecule has 0 bridgehead atoms. The van der Waals surface area contributed by atoms with E-state index in [0.717, 1.165) is 50.4 Å². The molecule has 0 saturated carbocycles. The third-order valence-corrected chi connectivity index (χ3v) is 6.99. The summed E-state index contributed by atoms with van der Waals surface area (Å²) in [5.74, 6) is 0.631. The number of hydrogen-bond donors (Lipinski definition) is 1. The van der Waals surface area contributed by atoms with Crippen molar-refractivity contribution >= 4 is 22.2 Å². The third kappa shape index (κ3) is 4.28. The van der Waals surface area contributed by atoms with E-state index >= 15 is 0 Å². The van der Waals surface area contributed by atoms with Crippen LogP contribution in [0.2, 0.25) is 0 Å². The highest BCUT2D eigenvalue weighted by Gasteiger charge is 2.32. The van der Waals surface area contributed by atoms with Crippen molar-refractivity contribution in [2.45, 2.75) is 40.0 Å². The molecule has 1 aromatic heterocycles. The van der Waals surface area contributed by atoms with Crippen molar-refractivity contribution in [2.75, 3.05) is 45.1 Å². The number of likely N-dealkylation sites (N-methyl/N-ethyl adjacent to an activating group) is 1. The summed E-state index contributed by atoms with van der Waals surface area (Å²) in [4.78, 5) is 18.3. The van der Waals surface area contributed by atoms with Gasteiger partial charge in [0.25, 0.3) is 0 Å². The molecule has 0 unspecified atom stereocenters. The van der Waals surface area contributed by atoms with Crippen LogP contribution in [0.25, 0.3) is 0 Å². The third-order valence-electron chi connectivity index (χ3n) is 5.82. The average molecular weight is 375 g/mol. The van der Waals surface area contributed by atoms with Crippen LogP contribution in [-0.4, -0.2) is 55.5 Å². The molecule has 2 aliphatic rings. The van der Waals surface area contributed by atoms with Crippen molar-refractivity contribution in [3.05, 3.63) is 16.0 Å². The SMILES string of the molecule is CN1CCN(CC(=O)Nc2sc3c(c2C#N)CC[C@H](C(C)(C)C)C3)CC1. The fourth-order valence-corrected chi connectivity index (χ4v) is 5.20. The zero-order valence-electron chi connectivity index (χ0n) is 16.4. The summed E-state index contributed by atoms with van der Waals surface area (Å²) in [5, 5.41) is 13.4. The van der Waals surface area contributed by atoms with Crippen LogP contribution in [0.3, 0.4) is 0 Å². The van der Waals surface area contributed by atoms with E-state index in [2.05, 4.69) is 49.0 Å². The van der Waals surface area contributed by atoms with Crippen LogP contribution < -0.4 is 5.32 Å². The largest absolute Gasteiger partial charge is 0.315 e. The molecule has 1 amide bonds. The fourth-order valence-electron chi connectivity index (χ4n) is 3.91. The van der Waals surface area contributed by atoms with Gasteiger partial charge in [-0.1, -0.05) is 20.8 Å². The second-order valence-electron chi connectivity index (χ2n) is 8.75. The average Bonchev–Trinajstić information content (AvgIpc) is 2.92. The number of nitrogens with zero attached hydrogens (tertiary/aromatic N) is 3. The minimum absolute atomic E-state index is 0.00276. The number of nitrogens with one attached hydrogen (secondary N) is 1. The molecule has 1 atom stereocenters. The topological polar surface area (TPSA) is 59.4 Å². The van der Waals surface area contributed by atoms with E-state index in [1.807, 2.05) is 0 Å². The molecule has 5 nitrogen and oxygen atoms in total. The molecule has 0 aromatic carbocycles. The normalized spacial score (nSPS) is 21.9. The summed E-state index contributed by atoms with van der Waals surface area (Å²) in [5.41, 5.74) is 2.15. The molecule has 6 heteroatoms. The number of anilines is 1. The number of piperazine rings is 1. The van der Waals surface area contributed by atoms with Gasteiger partial charge in [0.05, 0.1) is 12.1 Å². The first kappa shape index (κ1) is 19.3. The number of amides is 1. The molecule has 2 heterocycles. The minimum atomic E-state index is -0.00276. The summed E-state index contributed by atoms with van der Waals surface area (Å²) in [7, 11) is 2.11. The Bertz CT molecular complexity index is 705. The zero-order chi connectivity index (χ0) is 18.9. The lowest BCUT2D eigenvalue weighted by Gasteiger charge is -2.33. The van der Waals surface area contributed by atoms with Gasteiger partial charge in [0, 0.05) is 31.1 Å². The van der Waals surface area contributed by atoms with Crippen LogP contribution in [0.15, 0.2) is 0 Å². The minimum Gasteiger partial charge on any atom is -0.315 e. The molecule has 3 rings (SSSR count). The van der Waals surface area contributed by atoms with Crippen LogP contribution in [0, 0.1) is 22.7 Å². The summed E-state index contributed by atoms with van der Waals surface area (Å²) >= 11 is 1.62. The number of fused-ring (bicyclic) bond motifs is 1. The van der Waals surface area contributed by atoms with Crippen LogP contribution >= 0.6 is 11.3 Å². The van der Waals surface area contributed by atoms with Crippen molar-refractivity contribution in [1.82, 2.24) is 9.80 Å². The van der Waals surface area contributed by atoms with E-state index in [1.54, 1.807) is 11.3 Å². The second kappa shape index (κ2) is 7.67. The predicted octanol–water partition coefficient (Wildman–Crippen LogP) is 2.96. The number of rotatable bonds is 3. The maximum atomic E-state index is 12.5. The summed E-state index contributed by atoms with van der Waals surface area (Å²) in [6, 6.07) is 2.35. The van der Waals surface area contributed by atoms with E-state index in [1.165, 1.54) is 10.4 Å². The van der Waals surface area contributed by atoms with Crippen LogP contribution in [0.4, 0.5) is 5.00 Å². The highest BCUT2D eigenvalue weighted by Crippen LogP contribution is 2.43. The van der Waals surface area contributed by atoms with Crippen molar-refractivity contribution in [3.8, 4) is 6.07 Å². The Hall–Kier alpha value is -1.42. The number of carbonyl (C=O) groups is 1. The first-order valence-electron chi connectivity index (χ1n) is 9.53. The van der Waals surface area contributed by atoms with E-state index < -0.39 is 0 Å². The van der Waals surface area contributed by atoms with Gasteiger partial charge in [-0.2, -0.15) is 5.26 Å². The van der Waals surface area contributed by atoms with Gasteiger partial charge in [-0.15, -0.1) is 11.3 Å².